The summed E-state index contributed by atoms with van der Waals surface area (Å²) in [6.07, 6.45) is 0. The molecular formula is C22H27ClFN5O2S. The van der Waals surface area contributed by atoms with Crippen LogP contribution in [0.1, 0.15) is 38.1 Å². The normalized spacial score (nSPS) is 16.8. The minimum atomic E-state index is -0.521. The molecule has 1 fully saturated rings. The van der Waals surface area contributed by atoms with Crippen LogP contribution in [-0.2, 0) is 4.79 Å². The maximum Gasteiger partial charge on any atom is 0.257 e. The van der Waals surface area contributed by atoms with E-state index in [4.69, 9.17) is 11.6 Å². The van der Waals surface area contributed by atoms with Gasteiger partial charge in [-0.05, 0) is 39.8 Å². The molecule has 1 aliphatic rings. The molecule has 10 heteroatoms. The number of halogens is 2. The van der Waals surface area contributed by atoms with Crippen molar-refractivity contribution in [2.24, 2.45) is 0 Å². The van der Waals surface area contributed by atoms with Gasteiger partial charge in [0.1, 0.15) is 16.8 Å². The number of hydrogen-bond acceptors (Lipinski definition) is 6. The lowest BCUT2D eigenvalue weighted by Gasteiger charge is -2.40. The Balaban J connectivity index is 1.66. The Morgan fingerprint density at radius 1 is 1.25 bits per heavy atom. The number of amides is 2. The summed E-state index contributed by atoms with van der Waals surface area (Å²) >= 11 is 7.42. The smallest absolute Gasteiger partial charge is 0.257 e. The largest absolute Gasteiger partial charge is 0.353 e. The van der Waals surface area contributed by atoms with Crippen molar-refractivity contribution >= 4 is 41.0 Å². The van der Waals surface area contributed by atoms with Crippen molar-refractivity contribution in [2.45, 2.75) is 44.4 Å². The Morgan fingerprint density at radius 2 is 1.97 bits per heavy atom. The molecule has 1 atom stereocenters. The van der Waals surface area contributed by atoms with E-state index in [9.17, 15) is 14.0 Å². The molecule has 0 aliphatic carbocycles. The highest BCUT2D eigenvalue weighted by Gasteiger charge is 2.30. The van der Waals surface area contributed by atoms with Crippen molar-refractivity contribution < 1.29 is 14.0 Å². The molecule has 1 N–H and O–H groups in total. The molecule has 1 aromatic carbocycles. The van der Waals surface area contributed by atoms with Gasteiger partial charge in [0.15, 0.2) is 5.16 Å². The first-order chi connectivity index (χ1) is 15.0. The van der Waals surface area contributed by atoms with E-state index < -0.39 is 5.82 Å². The average molecular weight is 480 g/mol. The second-order valence-electron chi connectivity index (χ2n) is 8.69. The van der Waals surface area contributed by atoms with Gasteiger partial charge in [0, 0.05) is 37.3 Å². The molecule has 2 heterocycles. The number of aromatic nitrogens is 2. The van der Waals surface area contributed by atoms with E-state index in [-0.39, 0.29) is 39.9 Å². The molecule has 0 spiro atoms. The fraction of sp³-hybridized carbons (Fsp3) is 0.455. The Morgan fingerprint density at radius 3 is 2.62 bits per heavy atom. The number of carbonyl (C=O) groups is 2. The second-order valence-corrected chi connectivity index (χ2v) is 10.0. The first-order valence-electron chi connectivity index (χ1n) is 10.3. The molecule has 1 unspecified atom stereocenters. The van der Waals surface area contributed by atoms with Crippen LogP contribution >= 0.6 is 23.4 Å². The number of thioether (sulfide) groups is 1. The van der Waals surface area contributed by atoms with E-state index >= 15 is 0 Å². The molecule has 32 heavy (non-hydrogen) atoms. The highest BCUT2D eigenvalue weighted by Crippen LogP contribution is 2.25. The minimum absolute atomic E-state index is 0.0742. The number of rotatable bonds is 5. The Bertz CT molecular complexity index is 1000. The van der Waals surface area contributed by atoms with Gasteiger partial charge in [-0.1, -0.05) is 35.5 Å². The summed E-state index contributed by atoms with van der Waals surface area (Å²) in [4.78, 5) is 37.4. The summed E-state index contributed by atoms with van der Waals surface area (Å²) in [5, 5.41) is 3.59. The summed E-state index contributed by atoms with van der Waals surface area (Å²) in [6.45, 7) is 9.13. The first-order valence-corrected chi connectivity index (χ1v) is 11.7. The van der Waals surface area contributed by atoms with E-state index in [0.717, 1.165) is 0 Å². The second kappa shape index (κ2) is 10.0. The van der Waals surface area contributed by atoms with Gasteiger partial charge in [0.05, 0.1) is 11.3 Å². The van der Waals surface area contributed by atoms with Crippen LogP contribution in [0.3, 0.4) is 0 Å². The third kappa shape index (κ3) is 6.32. The standard InChI is InChI=1S/C22H27ClFN5O2S/c1-14-12-28(9-10-29(14)20(31)15-7-5-6-8-16(15)24)18-11-17(23)25-21(26-18)32-13-19(30)27-22(2,3)4/h5-8,11,14H,9-10,12-13H2,1-4H3,(H,27,30). The van der Waals surface area contributed by atoms with Gasteiger partial charge in [-0.3, -0.25) is 9.59 Å². The monoisotopic (exact) mass is 479 g/mol. The predicted molar refractivity (Wildman–Crippen MR) is 125 cm³/mol. The maximum absolute atomic E-state index is 14.1. The lowest BCUT2D eigenvalue weighted by atomic mass is 10.1. The molecule has 172 valence electrons. The van der Waals surface area contributed by atoms with Crippen LogP contribution in [0.25, 0.3) is 0 Å². The summed E-state index contributed by atoms with van der Waals surface area (Å²) in [5.41, 5.74) is -0.237. The number of nitrogens with zero attached hydrogens (tertiary/aromatic N) is 4. The van der Waals surface area contributed by atoms with Crippen molar-refractivity contribution in [1.82, 2.24) is 20.2 Å². The first kappa shape index (κ1) is 24.3. The fourth-order valence-electron chi connectivity index (χ4n) is 3.45. The van der Waals surface area contributed by atoms with E-state index in [1.807, 2.05) is 32.6 Å². The molecule has 1 aromatic heterocycles. The lowest BCUT2D eigenvalue weighted by molar-refractivity contribution is -0.119. The highest BCUT2D eigenvalue weighted by molar-refractivity contribution is 7.99. The Labute approximate surface area is 196 Å². The van der Waals surface area contributed by atoms with E-state index in [2.05, 4.69) is 15.3 Å². The molecule has 1 aliphatic heterocycles. The topological polar surface area (TPSA) is 78.4 Å². The number of anilines is 1. The van der Waals surface area contributed by atoms with E-state index in [0.29, 0.717) is 30.6 Å². The van der Waals surface area contributed by atoms with Crippen LogP contribution in [0.4, 0.5) is 10.2 Å². The Kier molecular flexibility index (Phi) is 7.61. The molecule has 3 rings (SSSR count). The molecule has 0 saturated carbocycles. The van der Waals surface area contributed by atoms with Crippen LogP contribution in [0, 0.1) is 5.82 Å². The Hall–Kier alpha value is -2.39. The van der Waals surface area contributed by atoms with Gasteiger partial charge in [-0.2, -0.15) is 0 Å². The number of carbonyl (C=O) groups excluding carboxylic acids is 2. The van der Waals surface area contributed by atoms with Crippen LogP contribution in [0.15, 0.2) is 35.5 Å². The number of benzene rings is 1. The zero-order valence-electron chi connectivity index (χ0n) is 18.6. The van der Waals surface area contributed by atoms with Gasteiger partial charge in [-0.15, -0.1) is 0 Å². The molecule has 1 saturated heterocycles. The third-order valence-electron chi connectivity index (χ3n) is 4.82. The minimum Gasteiger partial charge on any atom is -0.353 e. The molecule has 0 bridgehead atoms. The third-order valence-corrected chi connectivity index (χ3v) is 5.87. The number of hydrogen-bond donors (Lipinski definition) is 1. The van der Waals surface area contributed by atoms with Crippen molar-refractivity contribution in [1.29, 1.82) is 0 Å². The summed E-state index contributed by atoms with van der Waals surface area (Å²) in [5.74, 6) is -0.141. The fourth-order valence-corrected chi connectivity index (χ4v) is 4.33. The van der Waals surface area contributed by atoms with Crippen LogP contribution in [-0.4, -0.2) is 63.7 Å². The van der Waals surface area contributed by atoms with Crippen molar-refractivity contribution in [3.05, 3.63) is 46.9 Å². The molecule has 2 amide bonds. The van der Waals surface area contributed by atoms with Gasteiger partial charge >= 0.3 is 0 Å². The van der Waals surface area contributed by atoms with Crippen LogP contribution in [0.2, 0.25) is 5.15 Å². The van der Waals surface area contributed by atoms with Crippen molar-refractivity contribution in [3.63, 3.8) is 0 Å². The van der Waals surface area contributed by atoms with Crippen molar-refractivity contribution in [3.8, 4) is 0 Å². The summed E-state index contributed by atoms with van der Waals surface area (Å²) in [6, 6.07) is 7.52. The maximum atomic E-state index is 14.1. The average Bonchev–Trinajstić information content (AvgIpc) is 2.70. The lowest BCUT2D eigenvalue weighted by Crippen LogP contribution is -2.54. The zero-order chi connectivity index (χ0) is 23.5. The van der Waals surface area contributed by atoms with Gasteiger partial charge in [-0.25, -0.2) is 14.4 Å². The molecule has 2 aromatic rings. The zero-order valence-corrected chi connectivity index (χ0v) is 20.1. The van der Waals surface area contributed by atoms with Crippen LogP contribution < -0.4 is 10.2 Å². The van der Waals surface area contributed by atoms with Gasteiger partial charge in [0.2, 0.25) is 5.91 Å². The predicted octanol–water partition coefficient (Wildman–Crippen LogP) is 3.63. The number of nitrogens with one attached hydrogen (secondary N) is 1. The van der Waals surface area contributed by atoms with Crippen molar-refractivity contribution in [2.75, 3.05) is 30.3 Å². The quantitative estimate of drug-likeness (QED) is 0.401. The van der Waals surface area contributed by atoms with E-state index in [1.165, 1.54) is 23.9 Å². The number of piperazine rings is 1. The summed E-state index contributed by atoms with van der Waals surface area (Å²) < 4.78 is 14.1. The van der Waals surface area contributed by atoms with Gasteiger partial charge < -0.3 is 15.1 Å². The van der Waals surface area contributed by atoms with Crippen LogP contribution in [0.5, 0.6) is 0 Å². The molecule has 0 radical (unpaired) electrons. The summed E-state index contributed by atoms with van der Waals surface area (Å²) in [7, 11) is 0. The molecule has 7 nitrogen and oxygen atoms in total. The van der Waals surface area contributed by atoms with E-state index in [1.54, 1.807) is 23.1 Å². The SMILES string of the molecule is CC1CN(c2cc(Cl)nc(SCC(=O)NC(C)(C)C)n2)CCN1C(=O)c1ccccc1F. The molecular weight excluding hydrogens is 453 g/mol. The van der Waals surface area contributed by atoms with Gasteiger partial charge in [0.25, 0.3) is 5.91 Å². The highest BCUT2D eigenvalue weighted by atomic mass is 35.5.